The van der Waals surface area contributed by atoms with Gasteiger partial charge in [-0.25, -0.2) is 9.88 Å². The summed E-state index contributed by atoms with van der Waals surface area (Å²) in [5.74, 6) is -1.55. The summed E-state index contributed by atoms with van der Waals surface area (Å²) >= 11 is 18.1. The Morgan fingerprint density at radius 3 is 2.59 bits per heavy atom. The molecule has 0 amide bonds. The average molecular weight is 600 g/mol. The molecule has 11 nitrogen and oxygen atoms in total. The minimum atomic E-state index is -3.50. The van der Waals surface area contributed by atoms with Crippen LogP contribution >= 0.6 is 29.8 Å². The van der Waals surface area contributed by atoms with Crippen molar-refractivity contribution in [3.8, 4) is 5.75 Å². The topological polar surface area (TPSA) is 141 Å². The molecule has 5 atom stereocenters. The number of aromatic nitrogens is 2. The summed E-state index contributed by atoms with van der Waals surface area (Å²) in [5, 5.41) is 13.5. The quantitative estimate of drug-likeness (QED) is 0.212. The lowest BCUT2D eigenvalue weighted by atomic mass is 10.2. The van der Waals surface area contributed by atoms with E-state index in [1.54, 1.807) is 49.2 Å². The van der Waals surface area contributed by atoms with E-state index in [-0.39, 0.29) is 6.10 Å². The molecule has 2 heterocycles. The van der Waals surface area contributed by atoms with Crippen molar-refractivity contribution in [2.45, 2.75) is 55.7 Å². The first-order valence-corrected chi connectivity index (χ1v) is 14.3. The highest BCUT2D eigenvalue weighted by atomic mass is 35.5. The van der Waals surface area contributed by atoms with E-state index in [9.17, 15) is 23.9 Å². The van der Waals surface area contributed by atoms with Crippen LogP contribution in [0.4, 0.5) is 4.39 Å². The van der Waals surface area contributed by atoms with Crippen molar-refractivity contribution in [1.29, 1.82) is 0 Å². The van der Waals surface area contributed by atoms with E-state index in [4.69, 9.17) is 53.5 Å². The number of halogens is 3. The van der Waals surface area contributed by atoms with Gasteiger partial charge in [-0.1, -0.05) is 41.4 Å². The Morgan fingerprint density at radius 2 is 1.97 bits per heavy atom. The smallest absolute Gasteiger partial charge is 0.330 e. The Labute approximate surface area is 226 Å². The molecule has 204 valence electrons. The predicted molar refractivity (Wildman–Crippen MR) is 137 cm³/mol. The van der Waals surface area contributed by atoms with E-state index >= 15 is 0 Å². The summed E-state index contributed by atoms with van der Waals surface area (Å²) < 4.78 is 34.8. The first-order chi connectivity index (χ1) is 17.2. The lowest BCUT2D eigenvalue weighted by molar-refractivity contribution is -0.149. The molecule has 3 rings (SSSR count). The minimum Gasteiger partial charge on any atom is -0.462 e. The minimum absolute atomic E-state index is 0.341. The van der Waals surface area contributed by atoms with Crippen molar-refractivity contribution in [2.24, 2.45) is 0 Å². The van der Waals surface area contributed by atoms with Crippen molar-refractivity contribution in [3.05, 3.63) is 63.2 Å². The van der Waals surface area contributed by atoms with Crippen molar-refractivity contribution in [2.75, 3.05) is 6.61 Å². The van der Waals surface area contributed by atoms with Gasteiger partial charge in [0.25, 0.3) is 5.56 Å². The van der Waals surface area contributed by atoms with Crippen LogP contribution in [0.3, 0.4) is 0 Å². The van der Waals surface area contributed by atoms with Gasteiger partial charge in [-0.15, -0.1) is 0 Å². The van der Waals surface area contributed by atoms with Crippen LogP contribution in [-0.4, -0.2) is 55.9 Å². The molecule has 1 aromatic heterocycles. The van der Waals surface area contributed by atoms with Gasteiger partial charge >= 0.3 is 18.3 Å². The number of ether oxygens (including phenoxy) is 2. The van der Waals surface area contributed by atoms with E-state index in [1.165, 1.54) is 6.92 Å². The first-order valence-electron chi connectivity index (χ1n) is 10.9. The summed E-state index contributed by atoms with van der Waals surface area (Å²) in [6.07, 6.45) is -4.33. The molecule has 1 fully saturated rings. The zero-order chi connectivity index (χ0) is 27.5. The molecular weight excluding hydrogens is 575 g/mol. The average Bonchev–Trinajstić information content (AvgIpc) is 3.03. The molecular formula is C21H25Cl2FN3O8PS. The van der Waals surface area contributed by atoms with Crippen molar-refractivity contribution in [3.63, 3.8) is 0 Å². The molecule has 16 heteroatoms. The maximum absolute atomic E-state index is 13.8. The fraction of sp³-hybridized carbons (Fsp3) is 0.476. The first kappa shape index (κ1) is 29.7. The van der Waals surface area contributed by atoms with Crippen molar-refractivity contribution < 1.29 is 32.8 Å². The third kappa shape index (κ3) is 7.18. The molecule has 0 aliphatic carbocycles. The number of para-hydroxylation sites is 1. The van der Waals surface area contributed by atoms with Gasteiger partial charge in [0.1, 0.15) is 24.0 Å². The highest BCUT2D eigenvalue weighted by Gasteiger charge is 2.56. The lowest BCUT2D eigenvalue weighted by Crippen LogP contribution is -2.42. The summed E-state index contributed by atoms with van der Waals surface area (Å²) in [4.78, 5) is 37.7. The Kier molecular flexibility index (Phi) is 9.57. The Morgan fingerprint density at radius 1 is 1.32 bits per heavy atom. The number of carbonyl (C=O) groups excluding carboxylic acids is 1. The van der Waals surface area contributed by atoms with Crippen molar-refractivity contribution in [1.82, 2.24) is 14.6 Å². The number of H-pyrrole nitrogens is 1. The van der Waals surface area contributed by atoms with Gasteiger partial charge in [-0.05, 0) is 44.7 Å². The Bertz CT molecular complexity index is 1280. The number of alkyl halides is 2. The van der Waals surface area contributed by atoms with Crippen LogP contribution in [-0.2, 0) is 30.6 Å². The molecule has 1 unspecified atom stereocenters. The monoisotopic (exact) mass is 599 g/mol. The third-order valence-corrected chi connectivity index (χ3v) is 8.31. The van der Waals surface area contributed by atoms with Crippen molar-refractivity contribution >= 4 is 47.6 Å². The highest BCUT2D eigenvalue weighted by Crippen LogP contribution is 2.49. The van der Waals surface area contributed by atoms with Crippen LogP contribution in [0.5, 0.6) is 5.75 Å². The molecule has 0 saturated carbocycles. The second-order valence-electron chi connectivity index (χ2n) is 8.32. The summed E-state index contributed by atoms with van der Waals surface area (Å²) in [6, 6.07) is 7.49. The van der Waals surface area contributed by atoms with Crippen LogP contribution in [0.1, 0.15) is 27.0 Å². The number of hydrogen-bond donors (Lipinski definition) is 3. The number of aliphatic hydroxyl groups excluding tert-OH is 1. The second kappa shape index (κ2) is 11.9. The second-order valence-corrected chi connectivity index (χ2v) is 12.9. The van der Waals surface area contributed by atoms with Gasteiger partial charge in [-0.3, -0.25) is 19.1 Å². The third-order valence-electron chi connectivity index (χ3n) is 4.99. The number of nitrogens with zero attached hydrogens (tertiary/aromatic N) is 1. The molecule has 1 aliphatic rings. The number of hydrogen-bond acceptors (Lipinski definition) is 9. The maximum Gasteiger partial charge on any atom is 0.330 e. The zero-order valence-electron chi connectivity index (χ0n) is 19.8. The summed E-state index contributed by atoms with van der Waals surface area (Å²) in [7, 11) is 0. The van der Waals surface area contributed by atoms with E-state index in [0.717, 1.165) is 0 Å². The van der Waals surface area contributed by atoms with Crippen LogP contribution in [0.25, 0.3) is 0 Å². The van der Waals surface area contributed by atoms with Gasteiger partial charge in [-0.2, -0.15) is 4.39 Å². The lowest BCUT2D eigenvalue weighted by Gasteiger charge is -2.28. The van der Waals surface area contributed by atoms with Crippen LogP contribution in [0, 0.1) is 5.82 Å². The Balaban J connectivity index is 1.82. The number of aromatic amines is 1. The maximum atomic E-state index is 13.8. The SMILES string of the molecule is CC(C)OC(=O)[C@H](C)NP(=S)(OC[C@H]1O[C@@H](n2cc(F)c(=O)[nH]c2=O)C(Cl)(Cl)[C@@H]1O)Oc1ccccc1. The highest BCUT2D eigenvalue weighted by molar-refractivity contribution is 8.09. The van der Waals surface area contributed by atoms with Crippen LogP contribution in [0.2, 0.25) is 0 Å². The van der Waals surface area contributed by atoms with Gasteiger partial charge in [0.15, 0.2) is 10.6 Å². The number of benzene rings is 1. The molecule has 0 bridgehead atoms. The van der Waals surface area contributed by atoms with Gasteiger partial charge in [0.05, 0.1) is 18.9 Å². The molecule has 1 aromatic carbocycles. The van der Waals surface area contributed by atoms with Gasteiger partial charge in [0.2, 0.25) is 5.82 Å². The summed E-state index contributed by atoms with van der Waals surface area (Å²) in [5.41, 5.74) is -2.31. The van der Waals surface area contributed by atoms with E-state index in [1.807, 2.05) is 0 Å². The number of nitrogens with one attached hydrogen (secondary N) is 2. The Hall–Kier alpha value is -1.83. The largest absolute Gasteiger partial charge is 0.462 e. The number of esters is 1. The molecule has 2 aromatic rings. The number of carbonyl (C=O) groups is 1. The molecule has 1 aliphatic heterocycles. The number of rotatable bonds is 10. The molecule has 37 heavy (non-hydrogen) atoms. The van der Waals surface area contributed by atoms with Crippen LogP contribution < -0.4 is 20.9 Å². The fourth-order valence-corrected chi connectivity index (χ4v) is 6.26. The number of aliphatic hydroxyl groups is 1. The van der Waals surface area contributed by atoms with Crippen LogP contribution in [0.15, 0.2) is 46.1 Å². The standard InChI is InChI=1S/C21H25Cl2FN3O8PS/c1-11(2)33-18(30)12(3)26-36(37,35-13-7-5-4-6-8-13)32-10-15-16(28)21(22,23)19(34-15)27-9-14(24)17(29)25-20(27)31/h4-9,11-12,15-16,19,28H,10H2,1-3H3,(H,26,37)(H,25,29,31)/t12-,15+,16+,19+,36?/m0/s1. The molecule has 1 saturated heterocycles. The predicted octanol–water partition coefficient (Wildman–Crippen LogP) is 2.36. The van der Waals surface area contributed by atoms with Gasteiger partial charge < -0.3 is 23.6 Å². The molecule has 0 spiro atoms. The van der Waals surface area contributed by atoms with Gasteiger partial charge in [0, 0.05) is 0 Å². The van der Waals surface area contributed by atoms with E-state index in [2.05, 4.69) is 5.09 Å². The molecule has 0 radical (unpaired) electrons. The van der Waals surface area contributed by atoms with E-state index < -0.39 is 65.1 Å². The zero-order valence-corrected chi connectivity index (χ0v) is 23.0. The fourth-order valence-electron chi connectivity index (χ4n) is 3.25. The van der Waals surface area contributed by atoms with E-state index in [0.29, 0.717) is 16.5 Å². The normalized spacial score (nSPS) is 23.4. The molecule has 3 N–H and O–H groups in total. The summed E-state index contributed by atoms with van der Waals surface area (Å²) in [6.45, 7) is 0.939.